The van der Waals surface area contributed by atoms with Gasteiger partial charge in [-0.15, -0.1) is 0 Å². The standard InChI is InChI=1S/C19H26N2O5/c1-5-25-16(22)11-15-18(23)20-9-10-21(15)19(24)14(4)26-17-12(2)7-6-8-13(17)3/h6-8,14-15H,5,9-11H2,1-4H3,(H,20,23)/t14-,15-/m1/s1. The van der Waals surface area contributed by atoms with Gasteiger partial charge in [-0.2, -0.15) is 0 Å². The van der Waals surface area contributed by atoms with Crippen molar-refractivity contribution in [3.63, 3.8) is 0 Å². The van der Waals surface area contributed by atoms with Crippen molar-refractivity contribution in [3.05, 3.63) is 29.3 Å². The molecule has 1 aliphatic heterocycles. The van der Waals surface area contributed by atoms with Crippen molar-refractivity contribution in [3.8, 4) is 5.75 Å². The molecule has 0 saturated carbocycles. The Kier molecular flexibility index (Phi) is 6.60. The highest BCUT2D eigenvalue weighted by Crippen LogP contribution is 2.24. The molecule has 1 heterocycles. The van der Waals surface area contributed by atoms with Crippen LogP contribution in [0, 0.1) is 13.8 Å². The van der Waals surface area contributed by atoms with Crippen molar-refractivity contribution in [2.75, 3.05) is 19.7 Å². The van der Waals surface area contributed by atoms with E-state index in [1.54, 1.807) is 13.8 Å². The Morgan fingerprint density at radius 2 is 1.96 bits per heavy atom. The Morgan fingerprint density at radius 3 is 2.58 bits per heavy atom. The van der Waals surface area contributed by atoms with Gasteiger partial charge in [0.1, 0.15) is 11.8 Å². The second kappa shape index (κ2) is 8.69. The van der Waals surface area contributed by atoms with E-state index in [2.05, 4.69) is 5.32 Å². The summed E-state index contributed by atoms with van der Waals surface area (Å²) in [6, 6.07) is 4.88. The van der Waals surface area contributed by atoms with Crippen LogP contribution in [0.1, 0.15) is 31.4 Å². The number of nitrogens with zero attached hydrogens (tertiary/aromatic N) is 1. The number of ether oxygens (including phenoxy) is 2. The Bertz CT molecular complexity index is 668. The normalized spacial score (nSPS) is 18.1. The van der Waals surface area contributed by atoms with Crippen molar-refractivity contribution in [1.82, 2.24) is 10.2 Å². The molecule has 0 radical (unpaired) electrons. The quantitative estimate of drug-likeness (QED) is 0.772. The number of piperazine rings is 1. The van der Waals surface area contributed by atoms with Crippen LogP contribution in [0.4, 0.5) is 0 Å². The van der Waals surface area contributed by atoms with E-state index in [-0.39, 0.29) is 24.8 Å². The maximum Gasteiger partial charge on any atom is 0.308 e. The maximum absolute atomic E-state index is 12.9. The van der Waals surface area contributed by atoms with Gasteiger partial charge < -0.3 is 19.7 Å². The Labute approximate surface area is 153 Å². The van der Waals surface area contributed by atoms with Crippen LogP contribution in [0.15, 0.2) is 18.2 Å². The number of esters is 1. The molecular formula is C19H26N2O5. The van der Waals surface area contributed by atoms with Crippen LogP contribution in [0.25, 0.3) is 0 Å². The SMILES string of the molecule is CCOC(=O)C[C@@H]1C(=O)NCCN1C(=O)[C@@H](C)Oc1c(C)cccc1C. The van der Waals surface area contributed by atoms with Crippen molar-refractivity contribution in [1.29, 1.82) is 0 Å². The van der Waals surface area contributed by atoms with Crippen molar-refractivity contribution >= 4 is 17.8 Å². The fourth-order valence-corrected chi connectivity index (χ4v) is 3.00. The van der Waals surface area contributed by atoms with E-state index in [4.69, 9.17) is 9.47 Å². The number of rotatable bonds is 6. The van der Waals surface area contributed by atoms with Crippen LogP contribution in [-0.2, 0) is 19.1 Å². The highest BCUT2D eigenvalue weighted by molar-refractivity contribution is 5.93. The van der Waals surface area contributed by atoms with E-state index in [1.807, 2.05) is 32.0 Å². The number of nitrogens with one attached hydrogen (secondary N) is 1. The van der Waals surface area contributed by atoms with Gasteiger partial charge in [-0.05, 0) is 38.8 Å². The average molecular weight is 362 g/mol. The van der Waals surface area contributed by atoms with E-state index in [0.717, 1.165) is 11.1 Å². The number of carbonyl (C=O) groups excluding carboxylic acids is 3. The van der Waals surface area contributed by atoms with Gasteiger partial charge in [-0.3, -0.25) is 14.4 Å². The minimum absolute atomic E-state index is 0.165. The first-order valence-corrected chi connectivity index (χ1v) is 8.81. The fraction of sp³-hybridized carbons (Fsp3) is 0.526. The van der Waals surface area contributed by atoms with Crippen LogP contribution in [0.3, 0.4) is 0 Å². The number of hydrogen-bond donors (Lipinski definition) is 1. The zero-order valence-electron chi connectivity index (χ0n) is 15.7. The topological polar surface area (TPSA) is 84.9 Å². The second-order valence-electron chi connectivity index (χ2n) is 6.33. The summed E-state index contributed by atoms with van der Waals surface area (Å²) in [6.45, 7) is 8.08. The molecule has 0 aromatic heterocycles. The van der Waals surface area contributed by atoms with Crippen molar-refractivity contribution in [2.24, 2.45) is 0 Å². The summed E-state index contributed by atoms with van der Waals surface area (Å²) < 4.78 is 10.8. The smallest absolute Gasteiger partial charge is 0.308 e. The monoisotopic (exact) mass is 362 g/mol. The molecule has 2 atom stereocenters. The summed E-state index contributed by atoms with van der Waals surface area (Å²) in [6.07, 6.45) is -0.938. The third kappa shape index (κ3) is 4.53. The van der Waals surface area contributed by atoms with Gasteiger partial charge in [0.25, 0.3) is 5.91 Å². The zero-order valence-corrected chi connectivity index (χ0v) is 15.7. The molecule has 2 rings (SSSR count). The lowest BCUT2D eigenvalue weighted by Gasteiger charge is -2.36. The van der Waals surface area contributed by atoms with Gasteiger partial charge in [-0.1, -0.05) is 18.2 Å². The predicted molar refractivity (Wildman–Crippen MR) is 95.8 cm³/mol. The molecule has 1 saturated heterocycles. The molecule has 1 N–H and O–H groups in total. The molecule has 1 fully saturated rings. The number of amides is 2. The molecule has 0 spiro atoms. The van der Waals surface area contributed by atoms with Crippen LogP contribution in [0.2, 0.25) is 0 Å². The van der Waals surface area contributed by atoms with E-state index in [1.165, 1.54) is 4.90 Å². The maximum atomic E-state index is 12.9. The summed E-state index contributed by atoms with van der Waals surface area (Å²) >= 11 is 0. The molecular weight excluding hydrogens is 336 g/mol. The number of aryl methyl sites for hydroxylation is 2. The highest BCUT2D eigenvalue weighted by atomic mass is 16.5. The Balaban J connectivity index is 2.13. The van der Waals surface area contributed by atoms with Gasteiger partial charge >= 0.3 is 5.97 Å². The van der Waals surface area contributed by atoms with Gasteiger partial charge in [0.05, 0.1) is 13.0 Å². The lowest BCUT2D eigenvalue weighted by molar-refractivity contribution is -0.154. The number of benzene rings is 1. The third-order valence-electron chi connectivity index (χ3n) is 4.33. The largest absolute Gasteiger partial charge is 0.480 e. The molecule has 2 amide bonds. The first kappa shape index (κ1) is 19.8. The Hall–Kier alpha value is -2.57. The summed E-state index contributed by atoms with van der Waals surface area (Å²) in [5.41, 5.74) is 1.87. The summed E-state index contributed by atoms with van der Waals surface area (Å²) in [7, 11) is 0. The summed E-state index contributed by atoms with van der Waals surface area (Å²) in [5.74, 6) is -0.513. The minimum Gasteiger partial charge on any atom is -0.480 e. The minimum atomic E-state index is -0.876. The van der Waals surface area contributed by atoms with E-state index < -0.39 is 18.1 Å². The summed E-state index contributed by atoms with van der Waals surface area (Å²) in [5, 5.41) is 2.69. The average Bonchev–Trinajstić information content (AvgIpc) is 2.59. The van der Waals surface area contributed by atoms with E-state index in [9.17, 15) is 14.4 Å². The zero-order chi connectivity index (χ0) is 19.3. The summed E-state index contributed by atoms with van der Waals surface area (Å²) in [4.78, 5) is 38.3. The van der Waals surface area contributed by atoms with Crippen LogP contribution in [-0.4, -0.2) is 54.5 Å². The molecule has 26 heavy (non-hydrogen) atoms. The molecule has 1 aromatic rings. The van der Waals surface area contributed by atoms with Gasteiger partial charge in [0, 0.05) is 13.1 Å². The molecule has 0 unspecified atom stereocenters. The molecule has 1 aliphatic rings. The van der Waals surface area contributed by atoms with Gasteiger partial charge in [0.2, 0.25) is 5.91 Å². The molecule has 0 aliphatic carbocycles. The highest BCUT2D eigenvalue weighted by Gasteiger charge is 2.37. The molecule has 7 nitrogen and oxygen atoms in total. The van der Waals surface area contributed by atoms with Crippen molar-refractivity contribution < 1.29 is 23.9 Å². The van der Waals surface area contributed by atoms with Gasteiger partial charge in [-0.25, -0.2) is 0 Å². The van der Waals surface area contributed by atoms with E-state index in [0.29, 0.717) is 18.8 Å². The van der Waals surface area contributed by atoms with Crippen LogP contribution in [0.5, 0.6) is 5.75 Å². The van der Waals surface area contributed by atoms with Crippen LogP contribution >= 0.6 is 0 Å². The lowest BCUT2D eigenvalue weighted by Crippen LogP contribution is -2.60. The van der Waals surface area contributed by atoms with E-state index >= 15 is 0 Å². The first-order valence-electron chi connectivity index (χ1n) is 8.81. The van der Waals surface area contributed by atoms with Crippen molar-refractivity contribution in [2.45, 2.75) is 46.3 Å². The van der Waals surface area contributed by atoms with Crippen LogP contribution < -0.4 is 10.1 Å². The number of carbonyl (C=O) groups is 3. The molecule has 1 aromatic carbocycles. The molecule has 7 heteroatoms. The van der Waals surface area contributed by atoms with Gasteiger partial charge in [0.15, 0.2) is 6.10 Å². The molecule has 142 valence electrons. The second-order valence-corrected chi connectivity index (χ2v) is 6.33. The predicted octanol–water partition coefficient (Wildman–Crippen LogP) is 1.35. The Morgan fingerprint density at radius 1 is 1.31 bits per heavy atom. The third-order valence-corrected chi connectivity index (χ3v) is 4.33. The first-order chi connectivity index (χ1) is 12.3. The lowest BCUT2D eigenvalue weighted by atomic mass is 10.1. The number of para-hydroxylation sites is 1. The molecule has 0 bridgehead atoms. The fourth-order valence-electron chi connectivity index (χ4n) is 3.00. The number of hydrogen-bond acceptors (Lipinski definition) is 5.